The number of para-hydroxylation sites is 2. The molecule has 26 heavy (non-hydrogen) atoms. The number of amides is 1. The largest absolute Gasteiger partial charge is 0.573 e. The second-order valence-electron chi connectivity index (χ2n) is 5.36. The molecule has 0 fully saturated rings. The highest BCUT2D eigenvalue weighted by Crippen LogP contribution is 2.25. The summed E-state index contributed by atoms with van der Waals surface area (Å²) in [5.74, 6) is -0.0808. The molecular formula is C18H19F3N2O3. The molecule has 0 bridgehead atoms. The molecule has 5 nitrogen and oxygen atoms in total. The zero-order valence-corrected chi connectivity index (χ0v) is 14.3. The van der Waals surface area contributed by atoms with E-state index in [1.54, 1.807) is 31.2 Å². The van der Waals surface area contributed by atoms with Gasteiger partial charge in [0.05, 0.1) is 12.3 Å². The van der Waals surface area contributed by atoms with Crippen LogP contribution < -0.4 is 20.1 Å². The summed E-state index contributed by atoms with van der Waals surface area (Å²) in [6, 6.07) is 11.6. The molecule has 1 atom stereocenters. The molecule has 140 valence electrons. The van der Waals surface area contributed by atoms with Gasteiger partial charge < -0.3 is 20.1 Å². The number of hydrogen-bond donors (Lipinski definition) is 2. The molecule has 0 unspecified atom stereocenters. The van der Waals surface area contributed by atoms with Gasteiger partial charge in [-0.25, -0.2) is 0 Å². The molecule has 2 rings (SSSR count). The Morgan fingerprint density at radius 2 is 1.77 bits per heavy atom. The molecule has 0 saturated heterocycles. The van der Waals surface area contributed by atoms with Gasteiger partial charge >= 0.3 is 6.36 Å². The molecule has 0 radical (unpaired) electrons. The number of ether oxygens (including phenoxy) is 2. The van der Waals surface area contributed by atoms with Crippen LogP contribution in [-0.2, 0) is 4.79 Å². The molecule has 2 aromatic rings. The lowest BCUT2D eigenvalue weighted by Gasteiger charge is -2.17. The minimum absolute atomic E-state index is 0.312. The highest BCUT2D eigenvalue weighted by atomic mass is 19.4. The maximum Gasteiger partial charge on any atom is 0.573 e. The monoisotopic (exact) mass is 368 g/mol. The third-order valence-electron chi connectivity index (χ3n) is 3.31. The highest BCUT2D eigenvalue weighted by Gasteiger charge is 2.31. The number of carbonyl (C=O) groups is 1. The summed E-state index contributed by atoms with van der Waals surface area (Å²) in [5, 5.41) is 5.67. The van der Waals surface area contributed by atoms with Crippen LogP contribution in [0.3, 0.4) is 0 Å². The van der Waals surface area contributed by atoms with Crippen molar-refractivity contribution in [3.8, 4) is 11.5 Å². The zero-order valence-electron chi connectivity index (χ0n) is 14.3. The first-order valence-corrected chi connectivity index (χ1v) is 7.93. The van der Waals surface area contributed by atoms with Gasteiger partial charge in [-0.1, -0.05) is 12.1 Å². The molecule has 0 aliphatic rings. The van der Waals surface area contributed by atoms with E-state index in [0.29, 0.717) is 23.7 Å². The van der Waals surface area contributed by atoms with Gasteiger partial charge in [0.15, 0.2) is 0 Å². The van der Waals surface area contributed by atoms with E-state index in [4.69, 9.17) is 4.74 Å². The summed E-state index contributed by atoms with van der Waals surface area (Å²) in [7, 11) is 0. The van der Waals surface area contributed by atoms with Crippen LogP contribution in [0.5, 0.6) is 11.5 Å². The van der Waals surface area contributed by atoms with E-state index in [1.165, 1.54) is 24.3 Å². The first kappa shape index (κ1) is 19.4. The van der Waals surface area contributed by atoms with Crippen LogP contribution in [0, 0.1) is 0 Å². The summed E-state index contributed by atoms with van der Waals surface area (Å²) < 4.78 is 45.7. The fourth-order valence-corrected chi connectivity index (χ4v) is 2.16. The number of nitrogens with one attached hydrogen (secondary N) is 2. The summed E-state index contributed by atoms with van der Waals surface area (Å²) in [6.45, 7) is 3.95. The minimum atomic E-state index is -4.74. The van der Waals surface area contributed by atoms with Crippen LogP contribution in [0.15, 0.2) is 48.5 Å². The molecule has 1 amide bonds. The quantitative estimate of drug-likeness (QED) is 0.759. The second kappa shape index (κ2) is 8.46. The molecule has 0 aliphatic carbocycles. The van der Waals surface area contributed by atoms with Crippen LogP contribution in [0.4, 0.5) is 24.5 Å². The standard InChI is InChI=1S/C18H19F3N2O3/c1-3-25-16-7-5-4-6-15(16)23-17(24)12(2)22-13-8-10-14(11-9-13)26-18(19,20)21/h4-12,22H,3H2,1-2H3,(H,23,24)/t12-/m1/s1. The van der Waals surface area contributed by atoms with E-state index < -0.39 is 12.4 Å². The number of benzene rings is 2. The Morgan fingerprint density at radius 3 is 2.38 bits per heavy atom. The van der Waals surface area contributed by atoms with Gasteiger partial charge in [-0.2, -0.15) is 0 Å². The fourth-order valence-electron chi connectivity index (χ4n) is 2.16. The van der Waals surface area contributed by atoms with Crippen LogP contribution in [0.1, 0.15) is 13.8 Å². The minimum Gasteiger partial charge on any atom is -0.492 e. The number of hydrogen-bond acceptors (Lipinski definition) is 4. The van der Waals surface area contributed by atoms with Crippen molar-refractivity contribution in [1.29, 1.82) is 0 Å². The number of rotatable bonds is 7. The van der Waals surface area contributed by atoms with E-state index >= 15 is 0 Å². The molecule has 8 heteroatoms. The summed E-state index contributed by atoms with van der Waals surface area (Å²) >= 11 is 0. The van der Waals surface area contributed by atoms with Crippen molar-refractivity contribution >= 4 is 17.3 Å². The van der Waals surface area contributed by atoms with Gasteiger partial charge in [0.1, 0.15) is 17.5 Å². The van der Waals surface area contributed by atoms with E-state index in [2.05, 4.69) is 15.4 Å². The normalized spacial score (nSPS) is 12.2. The van der Waals surface area contributed by atoms with Crippen molar-refractivity contribution in [3.05, 3.63) is 48.5 Å². The fraction of sp³-hybridized carbons (Fsp3) is 0.278. The highest BCUT2D eigenvalue weighted by molar-refractivity contribution is 5.97. The average Bonchev–Trinajstić information content (AvgIpc) is 2.57. The molecule has 0 aromatic heterocycles. The lowest BCUT2D eigenvalue weighted by atomic mass is 10.2. The Kier molecular flexibility index (Phi) is 6.32. The van der Waals surface area contributed by atoms with E-state index in [0.717, 1.165) is 0 Å². The van der Waals surface area contributed by atoms with Gasteiger partial charge in [0, 0.05) is 5.69 Å². The van der Waals surface area contributed by atoms with Gasteiger partial charge in [-0.05, 0) is 50.2 Å². The predicted octanol–water partition coefficient (Wildman–Crippen LogP) is 4.42. The summed E-state index contributed by atoms with van der Waals surface area (Å²) in [5.41, 5.74) is 1.03. The third kappa shape index (κ3) is 5.87. The third-order valence-corrected chi connectivity index (χ3v) is 3.31. The van der Waals surface area contributed by atoms with Gasteiger partial charge in [0.25, 0.3) is 0 Å². The molecule has 0 saturated carbocycles. The Labute approximate surface area is 149 Å². The SMILES string of the molecule is CCOc1ccccc1NC(=O)[C@@H](C)Nc1ccc(OC(F)(F)F)cc1. The number of carbonyl (C=O) groups excluding carboxylic acids is 1. The van der Waals surface area contributed by atoms with E-state index in [-0.39, 0.29) is 11.7 Å². The van der Waals surface area contributed by atoms with Crippen LogP contribution in [0.25, 0.3) is 0 Å². The molecule has 2 N–H and O–H groups in total. The van der Waals surface area contributed by atoms with Crippen LogP contribution in [-0.4, -0.2) is 24.9 Å². The predicted molar refractivity (Wildman–Crippen MR) is 92.5 cm³/mol. The number of anilines is 2. The zero-order chi connectivity index (χ0) is 19.2. The topological polar surface area (TPSA) is 59.6 Å². The number of halogens is 3. The van der Waals surface area contributed by atoms with Crippen molar-refractivity contribution < 1.29 is 27.4 Å². The Bertz CT molecular complexity index is 733. The van der Waals surface area contributed by atoms with Gasteiger partial charge in [-0.15, -0.1) is 13.2 Å². The van der Waals surface area contributed by atoms with Crippen molar-refractivity contribution in [2.75, 3.05) is 17.2 Å². The van der Waals surface area contributed by atoms with Crippen molar-refractivity contribution in [1.82, 2.24) is 0 Å². The van der Waals surface area contributed by atoms with Crippen molar-refractivity contribution in [2.24, 2.45) is 0 Å². The smallest absolute Gasteiger partial charge is 0.492 e. The van der Waals surface area contributed by atoms with Gasteiger partial charge in [-0.3, -0.25) is 4.79 Å². The first-order valence-electron chi connectivity index (χ1n) is 7.93. The summed E-state index contributed by atoms with van der Waals surface area (Å²) in [4.78, 5) is 12.3. The molecule has 2 aromatic carbocycles. The maximum absolute atomic E-state index is 12.3. The van der Waals surface area contributed by atoms with Gasteiger partial charge in [0.2, 0.25) is 5.91 Å². The molecule has 0 spiro atoms. The lowest BCUT2D eigenvalue weighted by molar-refractivity contribution is -0.274. The molecular weight excluding hydrogens is 349 g/mol. The lowest BCUT2D eigenvalue weighted by Crippen LogP contribution is -2.32. The van der Waals surface area contributed by atoms with Crippen LogP contribution in [0.2, 0.25) is 0 Å². The Hall–Kier alpha value is -2.90. The second-order valence-corrected chi connectivity index (χ2v) is 5.36. The van der Waals surface area contributed by atoms with E-state index in [1.807, 2.05) is 6.92 Å². The Morgan fingerprint density at radius 1 is 1.12 bits per heavy atom. The number of alkyl halides is 3. The maximum atomic E-state index is 12.3. The van der Waals surface area contributed by atoms with E-state index in [9.17, 15) is 18.0 Å². The first-order chi connectivity index (χ1) is 12.3. The van der Waals surface area contributed by atoms with Crippen LogP contribution >= 0.6 is 0 Å². The summed E-state index contributed by atoms with van der Waals surface area (Å²) in [6.07, 6.45) is -4.74. The Balaban J connectivity index is 1.97. The van der Waals surface area contributed by atoms with Crippen molar-refractivity contribution in [2.45, 2.75) is 26.3 Å². The molecule has 0 heterocycles. The molecule has 0 aliphatic heterocycles. The average molecular weight is 368 g/mol. The van der Waals surface area contributed by atoms with Crippen molar-refractivity contribution in [3.63, 3.8) is 0 Å².